The molecule has 2 aromatic carbocycles. The van der Waals surface area contributed by atoms with Crippen LogP contribution in [0, 0.1) is 6.92 Å². The molecule has 144 valence electrons. The van der Waals surface area contributed by atoms with Gasteiger partial charge in [-0.15, -0.1) is 0 Å². The van der Waals surface area contributed by atoms with E-state index < -0.39 is 0 Å². The predicted molar refractivity (Wildman–Crippen MR) is 110 cm³/mol. The molecule has 1 aliphatic rings. The maximum atomic E-state index is 12.3. The van der Waals surface area contributed by atoms with Crippen LogP contribution in [0.4, 0.5) is 10.5 Å². The van der Waals surface area contributed by atoms with E-state index in [1.54, 1.807) is 0 Å². The quantitative estimate of drug-likeness (QED) is 0.795. The van der Waals surface area contributed by atoms with Crippen LogP contribution in [0.1, 0.15) is 18.1 Å². The molecule has 1 saturated heterocycles. The molecule has 3 rings (SSSR count). The number of hydrogen-bond donors (Lipinski definition) is 1. The van der Waals surface area contributed by atoms with Crippen LogP contribution < -0.4 is 15.0 Å². The van der Waals surface area contributed by atoms with E-state index in [0.29, 0.717) is 13.2 Å². The summed E-state index contributed by atoms with van der Waals surface area (Å²) in [5.74, 6) is 0.841. The molecule has 1 N–H and O–H groups in total. The van der Waals surface area contributed by atoms with Gasteiger partial charge in [0.05, 0.1) is 6.54 Å². The van der Waals surface area contributed by atoms with Gasteiger partial charge >= 0.3 is 6.03 Å². The first-order chi connectivity index (χ1) is 13.2. The molecule has 0 spiro atoms. The number of nitrogens with zero attached hydrogens (tertiary/aromatic N) is 2. The molecule has 1 aliphatic heterocycles. The Balaban J connectivity index is 1.36. The van der Waals surface area contributed by atoms with Crippen molar-refractivity contribution in [2.45, 2.75) is 20.3 Å². The second-order valence-electron chi connectivity index (χ2n) is 6.89. The zero-order valence-corrected chi connectivity index (χ0v) is 16.3. The van der Waals surface area contributed by atoms with Gasteiger partial charge in [-0.05, 0) is 48.7 Å². The van der Waals surface area contributed by atoms with Crippen LogP contribution >= 0.6 is 0 Å². The Morgan fingerprint density at radius 2 is 1.81 bits per heavy atom. The average molecular weight is 367 g/mol. The molecule has 2 amide bonds. The first kappa shape index (κ1) is 19.1. The molecule has 0 bridgehead atoms. The Kier molecular flexibility index (Phi) is 6.58. The molecule has 1 heterocycles. The molecule has 0 aromatic heterocycles. The third-order valence-electron chi connectivity index (χ3n) is 4.91. The summed E-state index contributed by atoms with van der Waals surface area (Å²) >= 11 is 0. The van der Waals surface area contributed by atoms with Gasteiger partial charge < -0.3 is 19.9 Å². The summed E-state index contributed by atoms with van der Waals surface area (Å²) < 4.78 is 5.69. The summed E-state index contributed by atoms with van der Waals surface area (Å²) in [5, 5.41) is 2.95. The Hall–Kier alpha value is -2.69. The van der Waals surface area contributed by atoms with Gasteiger partial charge in [-0.3, -0.25) is 0 Å². The third kappa shape index (κ3) is 5.39. The maximum absolute atomic E-state index is 12.3. The number of ether oxygens (including phenoxy) is 1. The average Bonchev–Trinajstić information content (AvgIpc) is 2.71. The molecular weight excluding hydrogens is 338 g/mol. The minimum atomic E-state index is -0.0103. The summed E-state index contributed by atoms with van der Waals surface area (Å²) in [4.78, 5) is 16.5. The van der Waals surface area contributed by atoms with Gasteiger partial charge in [0.2, 0.25) is 0 Å². The van der Waals surface area contributed by atoms with Crippen molar-refractivity contribution in [3.63, 3.8) is 0 Å². The van der Waals surface area contributed by atoms with E-state index in [-0.39, 0.29) is 6.03 Å². The Morgan fingerprint density at radius 1 is 1.07 bits per heavy atom. The fraction of sp³-hybridized carbons (Fsp3) is 0.409. The lowest BCUT2D eigenvalue weighted by Crippen LogP contribution is -2.52. The highest BCUT2D eigenvalue weighted by Gasteiger charge is 2.20. The van der Waals surface area contributed by atoms with E-state index in [4.69, 9.17) is 4.74 Å². The van der Waals surface area contributed by atoms with E-state index in [9.17, 15) is 4.79 Å². The number of amides is 2. The van der Waals surface area contributed by atoms with Crippen molar-refractivity contribution < 1.29 is 9.53 Å². The zero-order chi connectivity index (χ0) is 19.1. The smallest absolute Gasteiger partial charge is 0.317 e. The number of piperazine rings is 1. The van der Waals surface area contributed by atoms with Crippen LogP contribution in [0.3, 0.4) is 0 Å². The number of urea groups is 1. The maximum Gasteiger partial charge on any atom is 0.317 e. The van der Waals surface area contributed by atoms with Gasteiger partial charge in [-0.25, -0.2) is 4.79 Å². The number of aryl methyl sites for hydroxylation is 2. The van der Waals surface area contributed by atoms with Crippen LogP contribution in [-0.4, -0.2) is 50.3 Å². The SMILES string of the molecule is CCc1ccc(OCCNC(=O)N2CCN(c3cccc(C)c3)CC2)cc1. The summed E-state index contributed by atoms with van der Waals surface area (Å²) in [6, 6.07) is 16.6. The number of anilines is 1. The summed E-state index contributed by atoms with van der Waals surface area (Å²) in [5.41, 5.74) is 3.79. The molecular formula is C22H29N3O2. The second-order valence-corrected chi connectivity index (χ2v) is 6.89. The minimum Gasteiger partial charge on any atom is -0.492 e. The first-order valence-electron chi connectivity index (χ1n) is 9.72. The molecule has 0 saturated carbocycles. The highest BCUT2D eigenvalue weighted by Crippen LogP contribution is 2.17. The fourth-order valence-corrected chi connectivity index (χ4v) is 3.25. The molecule has 0 radical (unpaired) electrons. The molecule has 5 nitrogen and oxygen atoms in total. The van der Waals surface area contributed by atoms with Gasteiger partial charge in [0.25, 0.3) is 0 Å². The predicted octanol–water partition coefficient (Wildman–Crippen LogP) is 3.47. The van der Waals surface area contributed by atoms with E-state index in [1.165, 1.54) is 16.8 Å². The number of benzene rings is 2. The van der Waals surface area contributed by atoms with Crippen LogP contribution in [0.5, 0.6) is 5.75 Å². The van der Waals surface area contributed by atoms with Crippen LogP contribution in [0.2, 0.25) is 0 Å². The summed E-state index contributed by atoms with van der Waals surface area (Å²) in [6.45, 7) is 8.40. The fourth-order valence-electron chi connectivity index (χ4n) is 3.25. The Morgan fingerprint density at radius 3 is 2.48 bits per heavy atom. The second kappa shape index (κ2) is 9.31. The molecule has 5 heteroatoms. The van der Waals surface area contributed by atoms with E-state index in [2.05, 4.69) is 60.5 Å². The van der Waals surface area contributed by atoms with Gasteiger partial charge in [-0.1, -0.05) is 31.2 Å². The van der Waals surface area contributed by atoms with Crippen LogP contribution in [0.15, 0.2) is 48.5 Å². The lowest BCUT2D eigenvalue weighted by Gasteiger charge is -2.36. The van der Waals surface area contributed by atoms with Crippen LogP contribution in [0.25, 0.3) is 0 Å². The number of rotatable bonds is 6. The number of carbonyl (C=O) groups excluding carboxylic acids is 1. The van der Waals surface area contributed by atoms with Gasteiger partial charge in [-0.2, -0.15) is 0 Å². The monoisotopic (exact) mass is 367 g/mol. The van der Waals surface area contributed by atoms with Gasteiger partial charge in [0.1, 0.15) is 12.4 Å². The summed E-state index contributed by atoms with van der Waals surface area (Å²) in [6.07, 6.45) is 1.02. The van der Waals surface area contributed by atoms with Crippen molar-refractivity contribution in [2.24, 2.45) is 0 Å². The van der Waals surface area contributed by atoms with Crippen molar-refractivity contribution >= 4 is 11.7 Å². The molecule has 2 aromatic rings. The normalized spacial score (nSPS) is 14.1. The number of nitrogens with one attached hydrogen (secondary N) is 1. The third-order valence-corrected chi connectivity index (χ3v) is 4.91. The minimum absolute atomic E-state index is 0.0103. The molecule has 1 fully saturated rings. The van der Waals surface area contributed by atoms with Gasteiger partial charge in [0, 0.05) is 31.9 Å². The molecule has 0 unspecified atom stereocenters. The van der Waals surface area contributed by atoms with E-state index in [0.717, 1.165) is 38.3 Å². The number of hydrogen-bond acceptors (Lipinski definition) is 3. The largest absolute Gasteiger partial charge is 0.492 e. The molecule has 0 aliphatic carbocycles. The van der Waals surface area contributed by atoms with Crippen molar-refractivity contribution in [1.29, 1.82) is 0 Å². The molecule has 0 atom stereocenters. The van der Waals surface area contributed by atoms with E-state index in [1.807, 2.05) is 17.0 Å². The lowest BCUT2D eigenvalue weighted by atomic mass is 10.2. The first-order valence-corrected chi connectivity index (χ1v) is 9.72. The van der Waals surface area contributed by atoms with Crippen molar-refractivity contribution in [2.75, 3.05) is 44.2 Å². The van der Waals surface area contributed by atoms with E-state index >= 15 is 0 Å². The molecule has 27 heavy (non-hydrogen) atoms. The standard InChI is InChI=1S/C22H29N3O2/c1-3-19-7-9-21(10-8-19)27-16-11-23-22(26)25-14-12-24(13-15-25)20-6-4-5-18(2)17-20/h4-10,17H,3,11-16H2,1-2H3,(H,23,26). The van der Waals surface area contributed by atoms with Crippen LogP contribution in [-0.2, 0) is 6.42 Å². The summed E-state index contributed by atoms with van der Waals surface area (Å²) in [7, 11) is 0. The highest BCUT2D eigenvalue weighted by molar-refractivity contribution is 5.74. The Labute approximate surface area is 161 Å². The van der Waals surface area contributed by atoms with Crippen molar-refractivity contribution in [3.05, 3.63) is 59.7 Å². The number of carbonyl (C=O) groups is 1. The van der Waals surface area contributed by atoms with Crippen molar-refractivity contribution in [1.82, 2.24) is 10.2 Å². The van der Waals surface area contributed by atoms with Gasteiger partial charge in [0.15, 0.2) is 0 Å². The van der Waals surface area contributed by atoms with Crippen molar-refractivity contribution in [3.8, 4) is 5.75 Å². The highest BCUT2D eigenvalue weighted by atomic mass is 16.5. The lowest BCUT2D eigenvalue weighted by molar-refractivity contribution is 0.191. The zero-order valence-electron chi connectivity index (χ0n) is 16.3. The Bertz CT molecular complexity index is 737. The topological polar surface area (TPSA) is 44.8 Å².